The first-order valence-electron chi connectivity index (χ1n) is 5.98. The molecule has 4 nitrogen and oxygen atoms in total. The summed E-state index contributed by atoms with van der Waals surface area (Å²) < 4.78 is 0. The highest BCUT2D eigenvalue weighted by atomic mass is 35.5. The first-order valence-corrected chi connectivity index (χ1v) is 5.98. The Bertz CT molecular complexity index is 357. The van der Waals surface area contributed by atoms with E-state index in [-0.39, 0.29) is 30.7 Å². The van der Waals surface area contributed by atoms with E-state index in [1.54, 1.807) is 0 Å². The van der Waals surface area contributed by atoms with E-state index in [0.717, 1.165) is 18.7 Å². The van der Waals surface area contributed by atoms with Gasteiger partial charge >= 0.3 is 0 Å². The van der Waals surface area contributed by atoms with E-state index in [2.05, 4.69) is 17.1 Å². The molecule has 0 bridgehead atoms. The quantitative estimate of drug-likeness (QED) is 0.846. The van der Waals surface area contributed by atoms with Crippen LogP contribution in [0.1, 0.15) is 23.7 Å². The molecule has 0 saturated heterocycles. The second kappa shape index (κ2) is 10.9. The highest BCUT2D eigenvalue weighted by molar-refractivity contribution is 5.94. The second-order valence-electron chi connectivity index (χ2n) is 4.01. The van der Waals surface area contributed by atoms with Crippen LogP contribution in [0.2, 0.25) is 0 Å². The van der Waals surface area contributed by atoms with Gasteiger partial charge in [0.05, 0.1) is 0 Å². The van der Waals surface area contributed by atoms with Gasteiger partial charge < -0.3 is 16.0 Å². The fourth-order valence-electron chi connectivity index (χ4n) is 1.62. The summed E-state index contributed by atoms with van der Waals surface area (Å²) in [6, 6.07) is 7.61. The number of nitrogens with two attached hydrogens (primary N) is 1. The summed E-state index contributed by atoms with van der Waals surface area (Å²) in [4.78, 5) is 13.8. The van der Waals surface area contributed by atoms with E-state index >= 15 is 0 Å². The molecule has 0 aliphatic carbocycles. The molecular weight excluding hydrogens is 285 g/mol. The normalized spacial score (nSPS) is 9.00. The van der Waals surface area contributed by atoms with Crippen LogP contribution >= 0.6 is 24.8 Å². The average molecular weight is 308 g/mol. The van der Waals surface area contributed by atoms with Gasteiger partial charge in [0.2, 0.25) is 0 Å². The van der Waals surface area contributed by atoms with E-state index in [9.17, 15) is 4.79 Å². The van der Waals surface area contributed by atoms with Gasteiger partial charge in [-0.2, -0.15) is 0 Å². The molecule has 0 aliphatic heterocycles. The lowest BCUT2D eigenvalue weighted by Gasteiger charge is -2.18. The van der Waals surface area contributed by atoms with Gasteiger partial charge in [-0.05, 0) is 30.7 Å². The Hall–Kier alpha value is -0.970. The van der Waals surface area contributed by atoms with Gasteiger partial charge in [0.15, 0.2) is 0 Å². The number of nitrogens with one attached hydrogen (secondary N) is 1. The van der Waals surface area contributed by atoms with Crippen LogP contribution < -0.4 is 16.0 Å². The maximum Gasteiger partial charge on any atom is 0.251 e. The van der Waals surface area contributed by atoms with Crippen LogP contribution in [-0.2, 0) is 0 Å². The monoisotopic (exact) mass is 307 g/mol. The second-order valence-corrected chi connectivity index (χ2v) is 4.01. The summed E-state index contributed by atoms with van der Waals surface area (Å²) in [6.45, 7) is 4.13. The smallest absolute Gasteiger partial charge is 0.251 e. The number of anilines is 1. The van der Waals surface area contributed by atoms with Crippen molar-refractivity contribution in [3.8, 4) is 0 Å². The lowest BCUT2D eigenvalue weighted by Crippen LogP contribution is -2.29. The highest BCUT2D eigenvalue weighted by Gasteiger charge is 2.05. The number of carbonyl (C=O) groups excluding carboxylic acids is 1. The van der Waals surface area contributed by atoms with Crippen LogP contribution in [0.5, 0.6) is 0 Å². The minimum atomic E-state index is -0.0693. The van der Waals surface area contributed by atoms with Crippen LogP contribution in [0.25, 0.3) is 0 Å². The van der Waals surface area contributed by atoms with Crippen LogP contribution in [0.4, 0.5) is 5.69 Å². The van der Waals surface area contributed by atoms with Crippen LogP contribution in [0, 0.1) is 0 Å². The van der Waals surface area contributed by atoms with E-state index < -0.39 is 0 Å². The van der Waals surface area contributed by atoms with Crippen molar-refractivity contribution in [1.82, 2.24) is 5.32 Å². The average Bonchev–Trinajstić information content (AvgIpc) is 2.36. The zero-order chi connectivity index (χ0) is 12.7. The predicted octanol–water partition coefficient (Wildman–Crippen LogP) is 2.06. The maximum absolute atomic E-state index is 11.6. The third kappa shape index (κ3) is 6.66. The maximum atomic E-state index is 11.6. The molecule has 0 unspecified atom stereocenters. The number of nitrogens with zero attached hydrogens (tertiary/aromatic N) is 1. The molecule has 110 valence electrons. The van der Waals surface area contributed by atoms with Gasteiger partial charge in [-0.1, -0.05) is 6.92 Å². The van der Waals surface area contributed by atoms with Gasteiger partial charge in [0.1, 0.15) is 0 Å². The largest absolute Gasteiger partial charge is 0.375 e. The number of carbonyl (C=O) groups is 1. The molecule has 19 heavy (non-hydrogen) atoms. The molecule has 0 heterocycles. The van der Waals surface area contributed by atoms with Crippen molar-refractivity contribution in [3.05, 3.63) is 29.8 Å². The summed E-state index contributed by atoms with van der Waals surface area (Å²) in [7, 11) is 2.05. The molecule has 3 N–H and O–H groups in total. The fourth-order valence-corrected chi connectivity index (χ4v) is 1.62. The first kappa shape index (κ1) is 20.3. The van der Waals surface area contributed by atoms with E-state index in [1.165, 1.54) is 0 Å². The van der Waals surface area contributed by atoms with Gasteiger partial charge in [-0.15, -0.1) is 24.8 Å². The Kier molecular flexibility index (Phi) is 11.7. The van der Waals surface area contributed by atoms with E-state index in [1.807, 2.05) is 31.3 Å². The molecule has 0 aromatic heterocycles. The number of hydrogen-bond acceptors (Lipinski definition) is 3. The topological polar surface area (TPSA) is 58.4 Å². The zero-order valence-electron chi connectivity index (χ0n) is 11.4. The molecule has 0 radical (unpaired) electrons. The van der Waals surface area contributed by atoms with Crippen molar-refractivity contribution in [2.45, 2.75) is 13.3 Å². The van der Waals surface area contributed by atoms with Gasteiger partial charge in [-0.3, -0.25) is 4.79 Å². The molecule has 6 heteroatoms. The van der Waals surface area contributed by atoms with E-state index in [0.29, 0.717) is 18.7 Å². The van der Waals surface area contributed by atoms with Crippen molar-refractivity contribution >= 4 is 36.4 Å². The Morgan fingerprint density at radius 2 is 1.84 bits per heavy atom. The Labute approximate surface area is 127 Å². The van der Waals surface area contributed by atoms with Gasteiger partial charge in [0.25, 0.3) is 5.91 Å². The molecule has 0 fully saturated rings. The lowest BCUT2D eigenvalue weighted by molar-refractivity contribution is 0.0955. The molecule has 0 spiro atoms. The van der Waals surface area contributed by atoms with Crippen molar-refractivity contribution in [2.75, 3.05) is 31.6 Å². The van der Waals surface area contributed by atoms with E-state index in [4.69, 9.17) is 5.73 Å². The van der Waals surface area contributed by atoms with Crippen molar-refractivity contribution < 1.29 is 4.79 Å². The number of halogens is 2. The molecule has 1 aromatic carbocycles. The molecule has 1 rings (SSSR count). The summed E-state index contributed by atoms with van der Waals surface area (Å²) >= 11 is 0. The Balaban J connectivity index is 0. The van der Waals surface area contributed by atoms with Crippen LogP contribution in [0.15, 0.2) is 24.3 Å². The summed E-state index contributed by atoms with van der Waals surface area (Å²) in [5, 5.41) is 2.74. The third-order valence-electron chi connectivity index (χ3n) is 2.56. The summed E-state index contributed by atoms with van der Waals surface area (Å²) in [6.07, 6.45) is 1.11. The lowest BCUT2D eigenvalue weighted by atomic mass is 10.2. The number of rotatable bonds is 6. The predicted molar refractivity (Wildman–Crippen MR) is 85.9 cm³/mol. The molecular formula is C13H23Cl2N3O. The number of benzene rings is 1. The van der Waals surface area contributed by atoms with Crippen LogP contribution in [0.3, 0.4) is 0 Å². The molecule has 0 atom stereocenters. The molecule has 0 saturated carbocycles. The Morgan fingerprint density at radius 3 is 2.32 bits per heavy atom. The van der Waals surface area contributed by atoms with Crippen LogP contribution in [-0.4, -0.2) is 32.6 Å². The molecule has 1 amide bonds. The SMILES string of the molecule is CCCN(C)c1ccc(C(=O)NCCN)cc1.Cl.Cl. The fraction of sp³-hybridized carbons (Fsp3) is 0.462. The van der Waals surface area contributed by atoms with Crippen molar-refractivity contribution in [2.24, 2.45) is 5.73 Å². The first-order chi connectivity index (χ1) is 8.19. The minimum Gasteiger partial charge on any atom is -0.375 e. The zero-order valence-corrected chi connectivity index (χ0v) is 13.0. The number of amides is 1. The van der Waals surface area contributed by atoms with Crippen molar-refractivity contribution in [3.63, 3.8) is 0 Å². The Morgan fingerprint density at radius 1 is 1.26 bits per heavy atom. The summed E-state index contributed by atoms with van der Waals surface area (Å²) in [5.41, 5.74) is 7.13. The minimum absolute atomic E-state index is 0. The highest BCUT2D eigenvalue weighted by Crippen LogP contribution is 2.13. The van der Waals surface area contributed by atoms with Gasteiger partial charge in [-0.25, -0.2) is 0 Å². The molecule has 0 aliphatic rings. The number of hydrogen-bond donors (Lipinski definition) is 2. The van der Waals surface area contributed by atoms with Gasteiger partial charge in [0, 0.05) is 37.9 Å². The summed E-state index contributed by atoms with van der Waals surface area (Å²) in [5.74, 6) is -0.0693. The molecule has 1 aromatic rings. The standard InChI is InChI=1S/C13H21N3O.2ClH/c1-3-10-16(2)12-6-4-11(5-7-12)13(17)15-9-8-14;;/h4-7H,3,8-10,14H2,1-2H3,(H,15,17);2*1H. The third-order valence-corrected chi connectivity index (χ3v) is 2.56. The van der Waals surface area contributed by atoms with Crippen molar-refractivity contribution in [1.29, 1.82) is 0 Å².